The van der Waals surface area contributed by atoms with E-state index < -0.39 is 9.84 Å². The predicted molar refractivity (Wildman–Crippen MR) is 122 cm³/mol. The molecule has 0 unspecified atom stereocenters. The highest BCUT2D eigenvalue weighted by molar-refractivity contribution is 7.90. The van der Waals surface area contributed by atoms with Crippen LogP contribution in [0.25, 0.3) is 5.57 Å². The fourth-order valence-corrected chi connectivity index (χ4v) is 4.76. The molecule has 6 nitrogen and oxygen atoms in total. The van der Waals surface area contributed by atoms with Crippen molar-refractivity contribution in [1.82, 2.24) is 9.88 Å². The zero-order chi connectivity index (χ0) is 21.9. The molecule has 1 aromatic carbocycles. The Morgan fingerprint density at radius 1 is 1.20 bits per heavy atom. The number of sulfone groups is 1. The SMILES string of the molecule is CC(C)(C)N1CCC(/C=C(/C(=O)Nc2nccs2)c2ccc(S(C)(=O)=O)cc2)CC1. The molecule has 162 valence electrons. The van der Waals surface area contributed by atoms with Crippen LogP contribution in [0, 0.1) is 5.92 Å². The first kappa shape index (κ1) is 22.7. The first-order chi connectivity index (χ1) is 14.0. The Morgan fingerprint density at radius 2 is 1.83 bits per heavy atom. The highest BCUT2D eigenvalue weighted by Gasteiger charge is 2.27. The molecule has 2 heterocycles. The van der Waals surface area contributed by atoms with E-state index in [1.165, 1.54) is 17.6 Å². The third-order valence-corrected chi connectivity index (χ3v) is 7.20. The van der Waals surface area contributed by atoms with Gasteiger partial charge in [-0.25, -0.2) is 13.4 Å². The molecule has 1 N–H and O–H groups in total. The largest absolute Gasteiger partial charge is 0.298 e. The maximum absolute atomic E-state index is 13.0. The molecule has 8 heteroatoms. The Hall–Kier alpha value is -2.03. The van der Waals surface area contributed by atoms with Crippen molar-refractivity contribution in [3.05, 3.63) is 47.5 Å². The highest BCUT2D eigenvalue weighted by Crippen LogP contribution is 2.28. The molecule has 2 aromatic rings. The monoisotopic (exact) mass is 447 g/mol. The third-order valence-electron chi connectivity index (χ3n) is 5.38. The molecule has 0 spiro atoms. The molecule has 0 saturated carbocycles. The number of likely N-dealkylation sites (tertiary alicyclic amines) is 1. The Balaban J connectivity index is 1.86. The number of benzene rings is 1. The number of hydrogen-bond acceptors (Lipinski definition) is 6. The minimum absolute atomic E-state index is 0.140. The molecule has 0 aliphatic carbocycles. The van der Waals surface area contributed by atoms with Crippen molar-refractivity contribution in [2.24, 2.45) is 5.92 Å². The van der Waals surface area contributed by atoms with Crippen molar-refractivity contribution < 1.29 is 13.2 Å². The molecule has 30 heavy (non-hydrogen) atoms. The van der Waals surface area contributed by atoms with Gasteiger partial charge in [-0.1, -0.05) is 18.2 Å². The summed E-state index contributed by atoms with van der Waals surface area (Å²) >= 11 is 1.36. The summed E-state index contributed by atoms with van der Waals surface area (Å²) in [6, 6.07) is 6.51. The molecular formula is C22H29N3O3S2. The fraction of sp³-hybridized carbons (Fsp3) is 0.455. The van der Waals surface area contributed by atoms with E-state index in [1.807, 2.05) is 11.5 Å². The van der Waals surface area contributed by atoms with Gasteiger partial charge in [-0.05, 0) is 70.3 Å². The number of amides is 1. The molecule has 0 radical (unpaired) electrons. The minimum Gasteiger partial charge on any atom is -0.298 e. The number of nitrogens with zero attached hydrogens (tertiary/aromatic N) is 2. The Labute approximate surface area is 182 Å². The molecule has 0 bridgehead atoms. The van der Waals surface area contributed by atoms with Crippen molar-refractivity contribution in [2.75, 3.05) is 24.7 Å². The van der Waals surface area contributed by atoms with Gasteiger partial charge in [-0.15, -0.1) is 11.3 Å². The van der Waals surface area contributed by atoms with Crippen LogP contribution >= 0.6 is 11.3 Å². The smallest absolute Gasteiger partial charge is 0.257 e. The standard InChI is InChI=1S/C22H29N3O3S2/c1-22(2,3)25-12-9-16(10-13-25)15-19(20(26)24-21-23-11-14-29-21)17-5-7-18(8-6-17)30(4,27)28/h5-8,11,14-16H,9-10,12-13H2,1-4H3,(H,23,24,26)/b19-15+. The van der Waals surface area contributed by atoms with Crippen LogP contribution in [0.15, 0.2) is 46.8 Å². The number of nitrogens with one attached hydrogen (secondary N) is 1. The summed E-state index contributed by atoms with van der Waals surface area (Å²) in [5, 5.41) is 5.21. The van der Waals surface area contributed by atoms with Crippen LogP contribution in [0.5, 0.6) is 0 Å². The molecule has 1 aliphatic rings. The number of carbonyl (C=O) groups excluding carboxylic acids is 1. The second-order valence-electron chi connectivity index (χ2n) is 8.66. The van der Waals surface area contributed by atoms with Crippen LogP contribution in [-0.4, -0.2) is 49.1 Å². The number of rotatable bonds is 5. The van der Waals surface area contributed by atoms with Crippen LogP contribution in [0.2, 0.25) is 0 Å². The first-order valence-corrected chi connectivity index (χ1v) is 12.8. The summed E-state index contributed by atoms with van der Waals surface area (Å²) in [6.07, 6.45) is 6.82. The van der Waals surface area contributed by atoms with Crippen molar-refractivity contribution in [1.29, 1.82) is 0 Å². The molecular weight excluding hydrogens is 418 g/mol. The molecule has 1 fully saturated rings. The lowest BCUT2D eigenvalue weighted by atomic mass is 9.90. The van der Waals surface area contributed by atoms with Crippen LogP contribution in [0.1, 0.15) is 39.2 Å². The zero-order valence-corrected chi connectivity index (χ0v) is 19.5. The summed E-state index contributed by atoms with van der Waals surface area (Å²) in [5.41, 5.74) is 1.40. The van der Waals surface area contributed by atoms with Gasteiger partial charge in [0, 0.05) is 28.9 Å². The topological polar surface area (TPSA) is 79.4 Å². The Kier molecular flexibility index (Phi) is 6.79. The lowest BCUT2D eigenvalue weighted by Gasteiger charge is -2.40. The number of allylic oxidation sites excluding steroid dienone is 1. The number of thiazole rings is 1. The van der Waals surface area contributed by atoms with Gasteiger partial charge in [0.1, 0.15) is 0 Å². The average Bonchev–Trinajstić information content (AvgIpc) is 3.18. The van der Waals surface area contributed by atoms with Crippen molar-refractivity contribution in [2.45, 2.75) is 44.0 Å². The fourth-order valence-electron chi connectivity index (χ4n) is 3.61. The number of hydrogen-bond donors (Lipinski definition) is 1. The van der Waals surface area contributed by atoms with Crippen LogP contribution < -0.4 is 5.32 Å². The van der Waals surface area contributed by atoms with Gasteiger partial charge in [0.25, 0.3) is 5.91 Å². The lowest BCUT2D eigenvalue weighted by Crippen LogP contribution is -2.45. The summed E-state index contributed by atoms with van der Waals surface area (Å²) in [4.78, 5) is 19.9. The average molecular weight is 448 g/mol. The summed E-state index contributed by atoms with van der Waals surface area (Å²) in [7, 11) is -3.29. The van der Waals surface area contributed by atoms with E-state index in [-0.39, 0.29) is 22.3 Å². The van der Waals surface area contributed by atoms with Crippen LogP contribution in [0.4, 0.5) is 5.13 Å². The Bertz CT molecular complexity index is 997. The van der Waals surface area contributed by atoms with E-state index in [4.69, 9.17) is 0 Å². The number of aromatic nitrogens is 1. The van der Waals surface area contributed by atoms with E-state index >= 15 is 0 Å². The van der Waals surface area contributed by atoms with E-state index in [0.29, 0.717) is 16.3 Å². The highest BCUT2D eigenvalue weighted by atomic mass is 32.2. The second kappa shape index (κ2) is 8.99. The number of carbonyl (C=O) groups is 1. The molecule has 1 saturated heterocycles. The van der Waals surface area contributed by atoms with Gasteiger partial charge in [0.15, 0.2) is 15.0 Å². The molecule has 1 aliphatic heterocycles. The summed E-state index contributed by atoms with van der Waals surface area (Å²) in [5.74, 6) is 0.0607. The van der Waals surface area contributed by atoms with E-state index in [9.17, 15) is 13.2 Å². The number of piperidine rings is 1. The lowest BCUT2D eigenvalue weighted by molar-refractivity contribution is -0.111. The minimum atomic E-state index is -3.29. The molecule has 0 atom stereocenters. The van der Waals surface area contributed by atoms with Gasteiger partial charge < -0.3 is 0 Å². The van der Waals surface area contributed by atoms with E-state index in [2.05, 4.69) is 36.0 Å². The predicted octanol–water partition coefficient (Wildman–Crippen LogP) is 4.08. The Morgan fingerprint density at radius 3 is 2.33 bits per heavy atom. The van der Waals surface area contributed by atoms with Crippen molar-refractivity contribution in [3.8, 4) is 0 Å². The zero-order valence-electron chi connectivity index (χ0n) is 17.9. The van der Waals surface area contributed by atoms with Gasteiger partial charge in [0.05, 0.1) is 4.90 Å². The second-order valence-corrected chi connectivity index (χ2v) is 11.6. The molecule has 1 aromatic heterocycles. The summed E-state index contributed by atoms with van der Waals surface area (Å²) < 4.78 is 23.6. The van der Waals surface area contributed by atoms with Crippen molar-refractivity contribution in [3.63, 3.8) is 0 Å². The van der Waals surface area contributed by atoms with Gasteiger partial charge >= 0.3 is 0 Å². The molecule has 1 amide bonds. The normalized spacial score (nSPS) is 17.1. The van der Waals surface area contributed by atoms with E-state index in [1.54, 1.807) is 30.5 Å². The van der Waals surface area contributed by atoms with Gasteiger partial charge in [0.2, 0.25) is 0 Å². The maximum atomic E-state index is 13.0. The maximum Gasteiger partial charge on any atom is 0.257 e. The van der Waals surface area contributed by atoms with Crippen LogP contribution in [0.3, 0.4) is 0 Å². The third kappa shape index (κ3) is 5.77. The van der Waals surface area contributed by atoms with E-state index in [0.717, 1.165) is 25.9 Å². The van der Waals surface area contributed by atoms with Gasteiger partial charge in [-0.2, -0.15) is 0 Å². The molecule has 3 rings (SSSR count). The van der Waals surface area contributed by atoms with Crippen LogP contribution in [-0.2, 0) is 14.6 Å². The first-order valence-electron chi connectivity index (χ1n) is 10.0. The van der Waals surface area contributed by atoms with Gasteiger partial charge in [-0.3, -0.25) is 15.0 Å². The number of anilines is 1. The summed E-state index contributed by atoms with van der Waals surface area (Å²) in [6.45, 7) is 8.64. The quantitative estimate of drug-likeness (QED) is 0.699. The van der Waals surface area contributed by atoms with Crippen molar-refractivity contribution >= 4 is 37.8 Å².